The number of hydrogen-bond donors (Lipinski definition) is 2. The van der Waals surface area contributed by atoms with Crippen molar-refractivity contribution in [3.63, 3.8) is 0 Å². The highest BCUT2D eigenvalue weighted by atomic mass is 32.1. The third-order valence-electron chi connectivity index (χ3n) is 3.16. The van der Waals surface area contributed by atoms with Crippen LogP contribution in [0.15, 0.2) is 5.51 Å². The number of carbonyl (C=O) groups is 2. The molecule has 2 N–H and O–H groups in total. The van der Waals surface area contributed by atoms with E-state index >= 15 is 0 Å². The topological polar surface area (TPSA) is 79.3 Å². The number of aliphatic carboxylic acids is 1. The molecule has 5 nitrogen and oxygen atoms in total. The zero-order valence-corrected chi connectivity index (χ0v) is 10.9. The number of halogens is 3. The van der Waals surface area contributed by atoms with E-state index in [9.17, 15) is 22.8 Å². The maximum absolute atomic E-state index is 12.6. The van der Waals surface area contributed by atoms with Crippen molar-refractivity contribution in [3.8, 4) is 0 Å². The van der Waals surface area contributed by atoms with Gasteiger partial charge in [-0.3, -0.25) is 9.59 Å². The van der Waals surface area contributed by atoms with E-state index in [1.807, 2.05) is 0 Å². The van der Waals surface area contributed by atoms with Crippen LogP contribution in [0.5, 0.6) is 0 Å². The SMILES string of the molecule is O=C(N[C@H]1CC[C@@H](C(=O)O)C1)c1ncsc1C(F)(F)F. The number of carbonyl (C=O) groups excluding carboxylic acids is 1. The van der Waals surface area contributed by atoms with E-state index in [2.05, 4.69) is 10.3 Å². The van der Waals surface area contributed by atoms with Crippen molar-refractivity contribution in [1.82, 2.24) is 10.3 Å². The van der Waals surface area contributed by atoms with Gasteiger partial charge in [0.1, 0.15) is 4.88 Å². The maximum atomic E-state index is 12.6. The number of nitrogens with one attached hydrogen (secondary N) is 1. The predicted octanol–water partition coefficient (Wildman–Crippen LogP) is 2.14. The Bertz CT molecular complexity index is 529. The number of alkyl halides is 3. The summed E-state index contributed by atoms with van der Waals surface area (Å²) in [6.45, 7) is 0. The molecule has 0 unspecified atom stereocenters. The number of thiazole rings is 1. The van der Waals surface area contributed by atoms with Gasteiger partial charge in [0.05, 0.1) is 11.4 Å². The number of carboxylic acids is 1. The number of rotatable bonds is 3. The molecule has 0 aliphatic heterocycles. The van der Waals surface area contributed by atoms with Gasteiger partial charge in [-0.2, -0.15) is 13.2 Å². The summed E-state index contributed by atoms with van der Waals surface area (Å²) in [6.07, 6.45) is -3.54. The van der Waals surface area contributed by atoms with Crippen LogP contribution in [-0.2, 0) is 11.0 Å². The quantitative estimate of drug-likeness (QED) is 0.896. The molecule has 110 valence electrons. The molecule has 0 aromatic carbocycles. The number of amides is 1. The molecule has 1 saturated carbocycles. The van der Waals surface area contributed by atoms with Gasteiger partial charge >= 0.3 is 12.1 Å². The second-order valence-corrected chi connectivity index (χ2v) is 5.40. The second kappa shape index (κ2) is 5.39. The highest BCUT2D eigenvalue weighted by molar-refractivity contribution is 7.10. The first-order valence-electron chi connectivity index (χ1n) is 5.83. The lowest BCUT2D eigenvalue weighted by atomic mass is 10.1. The minimum Gasteiger partial charge on any atom is -0.481 e. The van der Waals surface area contributed by atoms with Crippen LogP contribution < -0.4 is 5.32 Å². The number of hydrogen-bond acceptors (Lipinski definition) is 4. The van der Waals surface area contributed by atoms with Crippen LogP contribution in [0.25, 0.3) is 0 Å². The van der Waals surface area contributed by atoms with Crippen LogP contribution in [0, 0.1) is 5.92 Å². The zero-order valence-electron chi connectivity index (χ0n) is 10.1. The monoisotopic (exact) mass is 308 g/mol. The van der Waals surface area contributed by atoms with Crippen molar-refractivity contribution in [2.45, 2.75) is 31.5 Å². The van der Waals surface area contributed by atoms with Gasteiger partial charge in [-0.1, -0.05) is 0 Å². The molecule has 0 radical (unpaired) electrons. The van der Waals surface area contributed by atoms with Crippen molar-refractivity contribution in [2.24, 2.45) is 5.92 Å². The molecule has 1 amide bonds. The average Bonchev–Trinajstić information content (AvgIpc) is 2.95. The maximum Gasteiger partial charge on any atom is 0.427 e. The smallest absolute Gasteiger partial charge is 0.427 e. The lowest BCUT2D eigenvalue weighted by Gasteiger charge is -2.12. The molecule has 0 saturated heterocycles. The van der Waals surface area contributed by atoms with E-state index in [-0.39, 0.29) is 6.42 Å². The lowest BCUT2D eigenvalue weighted by molar-refractivity contribution is -0.141. The molecule has 1 aromatic heterocycles. The van der Waals surface area contributed by atoms with Crippen molar-refractivity contribution < 1.29 is 27.9 Å². The average molecular weight is 308 g/mol. The fraction of sp³-hybridized carbons (Fsp3) is 0.545. The molecule has 1 aliphatic rings. The molecule has 1 aromatic rings. The van der Waals surface area contributed by atoms with Gasteiger partial charge in [0.2, 0.25) is 0 Å². The Balaban J connectivity index is 2.03. The summed E-state index contributed by atoms with van der Waals surface area (Å²) in [5, 5.41) is 11.2. The third-order valence-corrected chi connectivity index (χ3v) is 4.03. The van der Waals surface area contributed by atoms with Crippen LogP contribution in [0.1, 0.15) is 34.6 Å². The van der Waals surface area contributed by atoms with E-state index in [1.165, 1.54) is 0 Å². The lowest BCUT2D eigenvalue weighted by Crippen LogP contribution is -2.34. The summed E-state index contributed by atoms with van der Waals surface area (Å²) in [7, 11) is 0. The molecule has 2 rings (SSSR count). The van der Waals surface area contributed by atoms with Crippen molar-refractivity contribution >= 4 is 23.2 Å². The van der Waals surface area contributed by atoms with Gasteiger partial charge in [0.25, 0.3) is 5.91 Å². The summed E-state index contributed by atoms with van der Waals surface area (Å²) in [5.74, 6) is -2.42. The number of carboxylic acid groups (broad SMARTS) is 1. The van der Waals surface area contributed by atoms with Crippen LogP contribution in [0.2, 0.25) is 0 Å². The fourth-order valence-electron chi connectivity index (χ4n) is 2.20. The molecule has 0 bridgehead atoms. The zero-order chi connectivity index (χ0) is 14.9. The van der Waals surface area contributed by atoms with Gasteiger partial charge in [-0.15, -0.1) is 11.3 Å². The standard InChI is InChI=1S/C11H11F3N2O3S/c12-11(13,14)8-7(15-4-20-8)9(17)16-6-2-1-5(3-6)10(18)19/h4-6H,1-3H2,(H,16,17)(H,18,19)/t5-,6+/m1/s1. The Kier molecular flexibility index (Phi) is 3.98. The molecule has 1 heterocycles. The predicted molar refractivity (Wildman–Crippen MR) is 63.3 cm³/mol. The van der Waals surface area contributed by atoms with E-state index < -0.39 is 40.6 Å². The van der Waals surface area contributed by atoms with E-state index in [0.29, 0.717) is 24.2 Å². The Hall–Kier alpha value is -1.64. The first kappa shape index (κ1) is 14.8. The van der Waals surface area contributed by atoms with Crippen molar-refractivity contribution in [1.29, 1.82) is 0 Å². The largest absolute Gasteiger partial charge is 0.481 e. The molecule has 0 spiro atoms. The van der Waals surface area contributed by atoms with Gasteiger partial charge < -0.3 is 10.4 Å². The molecular weight excluding hydrogens is 297 g/mol. The Morgan fingerprint density at radius 3 is 2.65 bits per heavy atom. The van der Waals surface area contributed by atoms with Crippen LogP contribution in [0.3, 0.4) is 0 Å². The first-order chi connectivity index (χ1) is 9.29. The first-order valence-corrected chi connectivity index (χ1v) is 6.71. The highest BCUT2D eigenvalue weighted by Gasteiger charge is 2.39. The summed E-state index contributed by atoms with van der Waals surface area (Å²) in [5.41, 5.74) is 0.313. The molecule has 1 aliphatic carbocycles. The highest BCUT2D eigenvalue weighted by Crippen LogP contribution is 2.35. The number of aromatic nitrogens is 1. The van der Waals surface area contributed by atoms with Gasteiger partial charge in [-0.25, -0.2) is 4.98 Å². The van der Waals surface area contributed by atoms with Gasteiger partial charge in [0.15, 0.2) is 5.69 Å². The minimum absolute atomic E-state index is 0.229. The van der Waals surface area contributed by atoms with E-state index in [0.717, 1.165) is 5.51 Å². The van der Waals surface area contributed by atoms with E-state index in [1.54, 1.807) is 0 Å². The Morgan fingerprint density at radius 1 is 1.40 bits per heavy atom. The van der Waals surface area contributed by atoms with Crippen LogP contribution in [-0.4, -0.2) is 28.0 Å². The molecule has 9 heteroatoms. The molecular formula is C11H11F3N2O3S. The third kappa shape index (κ3) is 3.09. The normalized spacial score (nSPS) is 22.8. The summed E-state index contributed by atoms with van der Waals surface area (Å²) in [4.78, 5) is 25.0. The van der Waals surface area contributed by atoms with Crippen LogP contribution >= 0.6 is 11.3 Å². The molecule has 2 atom stereocenters. The van der Waals surface area contributed by atoms with Crippen molar-refractivity contribution in [3.05, 3.63) is 16.1 Å². The fourth-order valence-corrected chi connectivity index (χ4v) is 2.85. The molecule has 1 fully saturated rings. The van der Waals surface area contributed by atoms with E-state index in [4.69, 9.17) is 5.11 Å². The second-order valence-electron chi connectivity index (χ2n) is 4.55. The van der Waals surface area contributed by atoms with Crippen LogP contribution in [0.4, 0.5) is 13.2 Å². The summed E-state index contributed by atoms with van der Waals surface area (Å²) < 4.78 is 37.9. The van der Waals surface area contributed by atoms with Gasteiger partial charge in [-0.05, 0) is 19.3 Å². The minimum atomic E-state index is -4.62. The Morgan fingerprint density at radius 2 is 2.10 bits per heavy atom. The Labute approximate surface area is 115 Å². The molecule has 20 heavy (non-hydrogen) atoms. The van der Waals surface area contributed by atoms with Crippen molar-refractivity contribution in [2.75, 3.05) is 0 Å². The van der Waals surface area contributed by atoms with Gasteiger partial charge in [0, 0.05) is 6.04 Å². The summed E-state index contributed by atoms with van der Waals surface area (Å²) in [6, 6.07) is -0.425. The number of nitrogens with zero attached hydrogens (tertiary/aromatic N) is 1. The summed E-state index contributed by atoms with van der Waals surface area (Å²) >= 11 is 0.357.